The summed E-state index contributed by atoms with van der Waals surface area (Å²) in [5.74, 6) is 1.56. The Kier molecular flexibility index (Phi) is 6.19. The smallest absolute Gasteiger partial charge is 0.242 e. The standard InChI is InChI=1S/C20H23N3O5S/c1-14-6-5-7-15(10-14)13-29(24,25)23(2)12-19-21-20(22-28-19)16-8-9-17(26-3)18(11-16)27-4/h5-11H,12-13H2,1-4H3. The third-order valence-corrected chi connectivity index (χ3v) is 6.15. The van der Waals surface area contributed by atoms with E-state index in [1.165, 1.54) is 18.5 Å². The van der Waals surface area contributed by atoms with Gasteiger partial charge in [-0.1, -0.05) is 35.0 Å². The highest BCUT2D eigenvalue weighted by molar-refractivity contribution is 7.88. The molecule has 8 nitrogen and oxygen atoms in total. The molecule has 0 N–H and O–H groups in total. The number of benzene rings is 2. The summed E-state index contributed by atoms with van der Waals surface area (Å²) in [6, 6.07) is 12.7. The molecule has 1 heterocycles. The molecule has 0 bridgehead atoms. The Labute approximate surface area is 170 Å². The van der Waals surface area contributed by atoms with Gasteiger partial charge in [-0.25, -0.2) is 8.42 Å². The van der Waals surface area contributed by atoms with Crippen molar-refractivity contribution >= 4 is 10.0 Å². The molecule has 9 heteroatoms. The summed E-state index contributed by atoms with van der Waals surface area (Å²) in [6.45, 7) is 1.91. The normalized spacial score (nSPS) is 11.6. The van der Waals surface area contributed by atoms with Crippen LogP contribution in [-0.4, -0.2) is 44.1 Å². The summed E-state index contributed by atoms with van der Waals surface area (Å²) in [5.41, 5.74) is 2.41. The topological polar surface area (TPSA) is 94.8 Å². The van der Waals surface area contributed by atoms with Crippen molar-refractivity contribution in [3.8, 4) is 22.9 Å². The second kappa shape index (κ2) is 8.62. The molecule has 29 heavy (non-hydrogen) atoms. The fraction of sp³-hybridized carbons (Fsp3) is 0.300. The Hall–Kier alpha value is -2.91. The number of hydrogen-bond acceptors (Lipinski definition) is 7. The first-order valence-corrected chi connectivity index (χ1v) is 10.5. The predicted octanol–water partition coefficient (Wildman–Crippen LogP) is 3.02. The maximum absolute atomic E-state index is 12.7. The highest BCUT2D eigenvalue weighted by atomic mass is 32.2. The van der Waals surface area contributed by atoms with Crippen molar-refractivity contribution < 1.29 is 22.4 Å². The lowest BCUT2D eigenvalue weighted by Gasteiger charge is -2.15. The zero-order valence-electron chi connectivity index (χ0n) is 16.7. The molecule has 3 rings (SSSR count). The van der Waals surface area contributed by atoms with Gasteiger partial charge in [-0.2, -0.15) is 9.29 Å². The lowest BCUT2D eigenvalue weighted by molar-refractivity contribution is 0.336. The van der Waals surface area contributed by atoms with Crippen molar-refractivity contribution in [3.05, 3.63) is 59.5 Å². The van der Waals surface area contributed by atoms with Gasteiger partial charge in [-0.3, -0.25) is 0 Å². The van der Waals surface area contributed by atoms with Crippen molar-refractivity contribution in [2.24, 2.45) is 0 Å². The Morgan fingerprint density at radius 3 is 2.52 bits per heavy atom. The Bertz CT molecular complexity index is 1100. The van der Waals surface area contributed by atoms with E-state index in [1.54, 1.807) is 31.4 Å². The number of rotatable bonds is 8. The fourth-order valence-electron chi connectivity index (χ4n) is 2.82. The molecule has 0 spiro atoms. The molecule has 0 unspecified atom stereocenters. The van der Waals surface area contributed by atoms with E-state index < -0.39 is 10.0 Å². The van der Waals surface area contributed by atoms with Gasteiger partial charge in [0.15, 0.2) is 11.5 Å². The summed E-state index contributed by atoms with van der Waals surface area (Å²) in [4.78, 5) is 4.31. The maximum atomic E-state index is 12.7. The van der Waals surface area contributed by atoms with Crippen LogP contribution >= 0.6 is 0 Å². The molecule has 0 aliphatic heterocycles. The largest absolute Gasteiger partial charge is 0.493 e. The number of methoxy groups -OCH3 is 2. The van der Waals surface area contributed by atoms with E-state index in [-0.39, 0.29) is 18.2 Å². The van der Waals surface area contributed by atoms with Gasteiger partial charge in [0.1, 0.15) is 0 Å². The zero-order chi connectivity index (χ0) is 21.0. The average molecular weight is 417 g/mol. The summed E-state index contributed by atoms with van der Waals surface area (Å²) in [6.07, 6.45) is 0. The lowest BCUT2D eigenvalue weighted by Crippen LogP contribution is -2.27. The minimum absolute atomic E-state index is 0.0194. The van der Waals surface area contributed by atoms with Crippen LogP contribution < -0.4 is 9.47 Å². The molecule has 0 aliphatic carbocycles. The number of aromatic nitrogens is 2. The molecule has 0 amide bonds. The third kappa shape index (κ3) is 4.93. The molecule has 0 saturated carbocycles. The van der Waals surface area contributed by atoms with Crippen LogP contribution in [0.5, 0.6) is 11.5 Å². The molecule has 154 valence electrons. The van der Waals surface area contributed by atoms with E-state index in [2.05, 4.69) is 10.1 Å². The Morgan fingerprint density at radius 1 is 1.07 bits per heavy atom. The summed E-state index contributed by atoms with van der Waals surface area (Å²) in [5, 5.41) is 3.94. The minimum Gasteiger partial charge on any atom is -0.493 e. The molecule has 0 radical (unpaired) electrons. The van der Waals surface area contributed by atoms with Crippen LogP contribution in [0.2, 0.25) is 0 Å². The molecular formula is C20H23N3O5S. The van der Waals surface area contributed by atoms with Crippen molar-refractivity contribution in [1.29, 1.82) is 0 Å². The van der Waals surface area contributed by atoms with Crippen LogP contribution in [0.1, 0.15) is 17.0 Å². The number of sulfonamides is 1. The van der Waals surface area contributed by atoms with E-state index in [1.807, 2.05) is 25.1 Å². The highest BCUT2D eigenvalue weighted by Gasteiger charge is 2.22. The molecule has 0 fully saturated rings. The molecule has 0 saturated heterocycles. The number of hydrogen-bond donors (Lipinski definition) is 0. The molecule has 3 aromatic rings. The second-order valence-corrected chi connectivity index (χ2v) is 8.66. The van der Waals surface area contributed by atoms with Gasteiger partial charge in [0.2, 0.25) is 21.7 Å². The van der Waals surface area contributed by atoms with E-state index >= 15 is 0 Å². The Morgan fingerprint density at radius 2 is 1.83 bits per heavy atom. The number of nitrogens with zero attached hydrogens (tertiary/aromatic N) is 3. The molecule has 2 aromatic carbocycles. The summed E-state index contributed by atoms with van der Waals surface area (Å²) >= 11 is 0. The number of ether oxygens (including phenoxy) is 2. The average Bonchev–Trinajstić information content (AvgIpc) is 3.15. The van der Waals surface area contributed by atoms with E-state index in [0.717, 1.165) is 11.1 Å². The second-order valence-electron chi connectivity index (χ2n) is 6.58. The van der Waals surface area contributed by atoms with Gasteiger partial charge in [0.25, 0.3) is 0 Å². The highest BCUT2D eigenvalue weighted by Crippen LogP contribution is 2.31. The van der Waals surface area contributed by atoms with Crippen LogP contribution in [0.4, 0.5) is 0 Å². The van der Waals surface area contributed by atoms with Crippen molar-refractivity contribution in [3.63, 3.8) is 0 Å². The minimum atomic E-state index is -3.53. The quantitative estimate of drug-likeness (QED) is 0.556. The summed E-state index contributed by atoms with van der Waals surface area (Å²) in [7, 11) is 1.05. The van der Waals surface area contributed by atoms with Crippen LogP contribution in [0.3, 0.4) is 0 Å². The van der Waals surface area contributed by atoms with Gasteiger partial charge in [0, 0.05) is 12.6 Å². The van der Waals surface area contributed by atoms with Crippen LogP contribution in [0.15, 0.2) is 47.0 Å². The monoisotopic (exact) mass is 417 g/mol. The van der Waals surface area contributed by atoms with Crippen molar-refractivity contribution in [2.45, 2.75) is 19.2 Å². The lowest BCUT2D eigenvalue weighted by atomic mass is 10.2. The van der Waals surface area contributed by atoms with Gasteiger partial charge in [0.05, 0.1) is 26.5 Å². The van der Waals surface area contributed by atoms with Gasteiger partial charge in [-0.15, -0.1) is 0 Å². The van der Waals surface area contributed by atoms with Crippen molar-refractivity contribution in [1.82, 2.24) is 14.4 Å². The number of aryl methyl sites for hydroxylation is 1. The first-order chi connectivity index (χ1) is 13.8. The van der Waals surface area contributed by atoms with Crippen LogP contribution in [0.25, 0.3) is 11.4 Å². The summed E-state index contributed by atoms with van der Waals surface area (Å²) < 4.78 is 42.3. The van der Waals surface area contributed by atoms with Gasteiger partial charge >= 0.3 is 0 Å². The van der Waals surface area contributed by atoms with Crippen LogP contribution in [0, 0.1) is 6.92 Å². The SMILES string of the molecule is COc1ccc(-c2noc(CN(C)S(=O)(=O)Cc3cccc(C)c3)n2)cc1OC. The van der Waals surface area contributed by atoms with Crippen molar-refractivity contribution in [2.75, 3.05) is 21.3 Å². The fourth-order valence-corrected chi connectivity index (χ4v) is 3.95. The van der Waals surface area contributed by atoms with Crippen LogP contribution in [-0.2, 0) is 22.3 Å². The molecule has 0 aliphatic rings. The third-order valence-electron chi connectivity index (χ3n) is 4.37. The molecular weight excluding hydrogens is 394 g/mol. The predicted molar refractivity (Wildman–Crippen MR) is 108 cm³/mol. The Balaban J connectivity index is 1.74. The first kappa shape index (κ1) is 20.8. The molecule has 0 atom stereocenters. The molecule has 1 aromatic heterocycles. The van der Waals surface area contributed by atoms with E-state index in [4.69, 9.17) is 14.0 Å². The van der Waals surface area contributed by atoms with E-state index in [0.29, 0.717) is 22.9 Å². The maximum Gasteiger partial charge on any atom is 0.242 e. The van der Waals surface area contributed by atoms with Gasteiger partial charge in [-0.05, 0) is 30.7 Å². The first-order valence-electron chi connectivity index (χ1n) is 8.87. The van der Waals surface area contributed by atoms with E-state index in [9.17, 15) is 8.42 Å². The zero-order valence-corrected chi connectivity index (χ0v) is 17.6. The van der Waals surface area contributed by atoms with Gasteiger partial charge < -0.3 is 14.0 Å².